The highest BCUT2D eigenvalue weighted by atomic mass is 35.5. The number of aryl methyl sites for hydroxylation is 1. The molecule has 172 valence electrons. The number of anilines is 1. The van der Waals surface area contributed by atoms with Crippen LogP contribution in [0.1, 0.15) is 54.4 Å². The van der Waals surface area contributed by atoms with Gasteiger partial charge in [-0.25, -0.2) is 0 Å². The Labute approximate surface area is 203 Å². The first-order valence-corrected chi connectivity index (χ1v) is 12.0. The summed E-state index contributed by atoms with van der Waals surface area (Å²) in [5.41, 5.74) is 5.41. The predicted octanol–water partition coefficient (Wildman–Crippen LogP) is 6.18. The van der Waals surface area contributed by atoms with Crippen molar-refractivity contribution in [2.24, 2.45) is 0 Å². The van der Waals surface area contributed by atoms with Crippen LogP contribution in [0.15, 0.2) is 78.9 Å². The molecule has 0 aliphatic carbocycles. The Balaban J connectivity index is 0.00000259. The van der Waals surface area contributed by atoms with Crippen molar-refractivity contribution in [1.29, 1.82) is 0 Å². The van der Waals surface area contributed by atoms with Gasteiger partial charge >= 0.3 is 0 Å². The SMILES string of the molecule is CCc1cccc2c1C(CCN1CCC(c3ccccc3)CC1)(c1ccccc1)C(=O)N2.Cl. The van der Waals surface area contributed by atoms with Gasteiger partial charge in [0.05, 0.1) is 0 Å². The minimum absolute atomic E-state index is 0. The van der Waals surface area contributed by atoms with Gasteiger partial charge in [0.1, 0.15) is 5.41 Å². The van der Waals surface area contributed by atoms with Crippen molar-refractivity contribution >= 4 is 24.0 Å². The van der Waals surface area contributed by atoms with Gasteiger partial charge in [-0.1, -0.05) is 79.7 Å². The normalized spacial score (nSPS) is 20.7. The van der Waals surface area contributed by atoms with Crippen molar-refractivity contribution in [2.75, 3.05) is 25.0 Å². The zero-order valence-electron chi connectivity index (χ0n) is 19.3. The van der Waals surface area contributed by atoms with Gasteiger partial charge in [0, 0.05) is 5.69 Å². The summed E-state index contributed by atoms with van der Waals surface area (Å²) in [4.78, 5) is 16.2. The van der Waals surface area contributed by atoms with Crippen LogP contribution in [0.5, 0.6) is 0 Å². The van der Waals surface area contributed by atoms with Crippen LogP contribution in [0.25, 0.3) is 0 Å². The molecule has 3 aromatic rings. The van der Waals surface area contributed by atoms with Crippen LogP contribution in [0, 0.1) is 0 Å². The Morgan fingerprint density at radius 1 is 0.909 bits per heavy atom. The van der Waals surface area contributed by atoms with Gasteiger partial charge in [0.15, 0.2) is 0 Å². The van der Waals surface area contributed by atoms with Crippen LogP contribution in [-0.2, 0) is 16.6 Å². The molecular formula is C29H33ClN2O. The molecule has 1 atom stereocenters. The van der Waals surface area contributed by atoms with Crippen LogP contribution in [0.2, 0.25) is 0 Å². The molecule has 0 bridgehead atoms. The summed E-state index contributed by atoms with van der Waals surface area (Å²) in [5, 5.41) is 3.22. The molecule has 0 spiro atoms. The Hall–Kier alpha value is -2.62. The number of halogens is 1. The summed E-state index contributed by atoms with van der Waals surface area (Å²) in [6.45, 7) is 5.30. The van der Waals surface area contributed by atoms with E-state index in [2.05, 4.69) is 89.9 Å². The van der Waals surface area contributed by atoms with E-state index in [0.29, 0.717) is 5.92 Å². The molecule has 0 saturated carbocycles. The maximum absolute atomic E-state index is 13.6. The Morgan fingerprint density at radius 3 is 2.24 bits per heavy atom. The highest BCUT2D eigenvalue weighted by Gasteiger charge is 2.49. The van der Waals surface area contributed by atoms with Crippen LogP contribution in [0.4, 0.5) is 5.69 Å². The number of carbonyl (C=O) groups excluding carboxylic acids is 1. The smallest absolute Gasteiger partial charge is 0.239 e. The van der Waals surface area contributed by atoms with Crippen LogP contribution in [0.3, 0.4) is 0 Å². The van der Waals surface area contributed by atoms with Crippen molar-refractivity contribution < 1.29 is 4.79 Å². The summed E-state index contributed by atoms with van der Waals surface area (Å²) in [6, 6.07) is 27.6. The van der Waals surface area contributed by atoms with Crippen LogP contribution < -0.4 is 5.32 Å². The third-order valence-corrected chi connectivity index (χ3v) is 7.52. The van der Waals surface area contributed by atoms with Gasteiger partial charge in [0.2, 0.25) is 5.91 Å². The predicted molar refractivity (Wildman–Crippen MR) is 138 cm³/mol. The largest absolute Gasteiger partial charge is 0.325 e. The number of amides is 1. The Bertz CT molecular complexity index is 1080. The molecule has 33 heavy (non-hydrogen) atoms. The van der Waals surface area contributed by atoms with Crippen molar-refractivity contribution in [3.05, 3.63) is 101 Å². The zero-order valence-corrected chi connectivity index (χ0v) is 20.1. The van der Waals surface area contributed by atoms with E-state index in [1.807, 2.05) is 6.07 Å². The van der Waals surface area contributed by atoms with Crippen LogP contribution in [-0.4, -0.2) is 30.4 Å². The molecular weight excluding hydrogens is 428 g/mol. The molecule has 2 aliphatic heterocycles. The van der Waals surface area contributed by atoms with Gasteiger partial charge in [0.25, 0.3) is 0 Å². The summed E-state index contributed by atoms with van der Waals surface area (Å²) in [5.74, 6) is 0.775. The quantitative estimate of drug-likeness (QED) is 0.476. The molecule has 5 rings (SSSR count). The first-order chi connectivity index (χ1) is 15.7. The van der Waals surface area contributed by atoms with Gasteiger partial charge in [-0.05, 0) is 79.6 Å². The number of fused-ring (bicyclic) bond motifs is 1. The van der Waals surface area contributed by atoms with Crippen molar-refractivity contribution in [1.82, 2.24) is 4.90 Å². The summed E-state index contributed by atoms with van der Waals surface area (Å²) < 4.78 is 0. The molecule has 2 aliphatic rings. The minimum atomic E-state index is -0.612. The van der Waals surface area contributed by atoms with Gasteiger partial charge in [-0.15, -0.1) is 12.4 Å². The first-order valence-electron chi connectivity index (χ1n) is 12.0. The molecule has 4 heteroatoms. The monoisotopic (exact) mass is 460 g/mol. The number of piperidine rings is 1. The summed E-state index contributed by atoms with van der Waals surface area (Å²) >= 11 is 0. The van der Waals surface area contributed by atoms with E-state index in [0.717, 1.165) is 43.7 Å². The molecule has 1 fully saturated rings. The Morgan fingerprint density at radius 2 is 1.58 bits per heavy atom. The number of hydrogen-bond acceptors (Lipinski definition) is 2. The first kappa shape index (κ1) is 23.5. The number of likely N-dealkylation sites (tertiary alicyclic amines) is 1. The number of nitrogens with one attached hydrogen (secondary N) is 1. The van der Waals surface area contributed by atoms with Crippen molar-refractivity contribution in [3.63, 3.8) is 0 Å². The highest BCUT2D eigenvalue weighted by Crippen LogP contribution is 2.47. The molecule has 0 radical (unpaired) electrons. The molecule has 1 unspecified atom stereocenters. The van der Waals surface area contributed by atoms with E-state index in [-0.39, 0.29) is 18.3 Å². The second-order valence-electron chi connectivity index (χ2n) is 9.20. The van der Waals surface area contributed by atoms with E-state index >= 15 is 0 Å². The fourth-order valence-electron chi connectivity index (χ4n) is 5.77. The summed E-state index contributed by atoms with van der Waals surface area (Å²) in [6.07, 6.45) is 4.11. The maximum Gasteiger partial charge on any atom is 0.239 e. The maximum atomic E-state index is 13.6. The lowest BCUT2D eigenvalue weighted by Crippen LogP contribution is -2.42. The molecule has 1 amide bonds. The number of carbonyl (C=O) groups is 1. The van der Waals surface area contributed by atoms with Crippen molar-refractivity contribution in [3.8, 4) is 0 Å². The Kier molecular flexibility index (Phi) is 7.21. The topological polar surface area (TPSA) is 32.3 Å². The lowest BCUT2D eigenvalue weighted by Gasteiger charge is -2.36. The van der Waals surface area contributed by atoms with Gasteiger partial charge in [-0.3, -0.25) is 4.79 Å². The van der Waals surface area contributed by atoms with Gasteiger partial charge in [-0.2, -0.15) is 0 Å². The average Bonchev–Trinajstić information content (AvgIpc) is 3.16. The zero-order chi connectivity index (χ0) is 22.0. The standard InChI is InChI=1S/C29H32N2O.ClH/c1-2-22-12-9-15-26-27(22)29(28(32)30-26,25-13-7-4-8-14-25)18-21-31-19-16-24(17-20-31)23-10-5-3-6-11-23;/h3-15,24H,2,16-21H2,1H3,(H,30,32);1H. The fourth-order valence-corrected chi connectivity index (χ4v) is 5.77. The molecule has 1 N–H and O–H groups in total. The molecule has 2 heterocycles. The lowest BCUT2D eigenvalue weighted by atomic mass is 9.70. The fraction of sp³-hybridized carbons (Fsp3) is 0.345. The number of hydrogen-bond donors (Lipinski definition) is 1. The molecule has 0 aromatic heterocycles. The lowest BCUT2D eigenvalue weighted by molar-refractivity contribution is -0.119. The molecule has 3 aromatic carbocycles. The van der Waals surface area contributed by atoms with E-state index < -0.39 is 5.41 Å². The third kappa shape index (κ3) is 4.32. The molecule has 3 nitrogen and oxygen atoms in total. The highest BCUT2D eigenvalue weighted by molar-refractivity contribution is 6.09. The minimum Gasteiger partial charge on any atom is -0.325 e. The van der Waals surface area contributed by atoms with Gasteiger partial charge < -0.3 is 10.2 Å². The third-order valence-electron chi connectivity index (χ3n) is 7.52. The van der Waals surface area contributed by atoms with E-state index in [1.54, 1.807) is 0 Å². The second kappa shape index (κ2) is 10.1. The molecule has 1 saturated heterocycles. The van der Waals surface area contributed by atoms with E-state index in [1.165, 1.54) is 29.5 Å². The van der Waals surface area contributed by atoms with Crippen molar-refractivity contribution in [2.45, 2.75) is 43.9 Å². The second-order valence-corrected chi connectivity index (χ2v) is 9.20. The van der Waals surface area contributed by atoms with E-state index in [9.17, 15) is 4.79 Å². The number of rotatable bonds is 6. The average molecular weight is 461 g/mol. The number of benzene rings is 3. The van der Waals surface area contributed by atoms with E-state index in [4.69, 9.17) is 0 Å². The number of nitrogens with zero attached hydrogens (tertiary/aromatic N) is 1. The summed E-state index contributed by atoms with van der Waals surface area (Å²) in [7, 11) is 0. The van der Waals surface area contributed by atoms with Crippen LogP contribution >= 0.6 is 12.4 Å².